The first-order chi connectivity index (χ1) is 9.51. The average molecular weight is 284 g/mol. The minimum absolute atomic E-state index is 0.0214. The first-order valence-corrected chi connectivity index (χ1v) is 7.05. The second-order valence-corrected chi connectivity index (χ2v) is 4.85. The van der Waals surface area contributed by atoms with E-state index in [0.29, 0.717) is 13.1 Å². The van der Waals surface area contributed by atoms with Crippen molar-refractivity contribution in [2.45, 2.75) is 39.5 Å². The monoisotopic (exact) mass is 284 g/mol. The summed E-state index contributed by atoms with van der Waals surface area (Å²) < 4.78 is 26.3. The van der Waals surface area contributed by atoms with Gasteiger partial charge in [0.25, 0.3) is 5.91 Å². The zero-order valence-corrected chi connectivity index (χ0v) is 12.1. The fourth-order valence-corrected chi connectivity index (χ4v) is 1.93. The number of anilines is 1. The number of nitrogens with two attached hydrogens (primary N) is 1. The van der Waals surface area contributed by atoms with E-state index in [9.17, 15) is 13.6 Å². The minimum atomic E-state index is -1.05. The van der Waals surface area contributed by atoms with E-state index < -0.39 is 11.6 Å². The summed E-state index contributed by atoms with van der Waals surface area (Å²) in [6.07, 6.45) is 3.67. The smallest absolute Gasteiger partial charge is 0.256 e. The molecule has 0 bridgehead atoms. The van der Waals surface area contributed by atoms with E-state index >= 15 is 0 Å². The number of nitrogen functional groups attached to an aromatic ring is 1. The van der Waals surface area contributed by atoms with Crippen LogP contribution in [-0.4, -0.2) is 23.9 Å². The number of hydrogen-bond donors (Lipinski definition) is 1. The van der Waals surface area contributed by atoms with Crippen LogP contribution in [0, 0.1) is 11.6 Å². The summed E-state index contributed by atoms with van der Waals surface area (Å²) in [6.45, 7) is 5.28. The molecule has 0 saturated heterocycles. The van der Waals surface area contributed by atoms with E-state index in [2.05, 4.69) is 0 Å². The van der Waals surface area contributed by atoms with Gasteiger partial charge in [0.05, 0.1) is 5.56 Å². The van der Waals surface area contributed by atoms with Crippen LogP contribution >= 0.6 is 0 Å². The Balaban J connectivity index is 2.95. The van der Waals surface area contributed by atoms with Crippen molar-refractivity contribution in [2.24, 2.45) is 0 Å². The summed E-state index contributed by atoms with van der Waals surface area (Å²) >= 11 is 0. The minimum Gasteiger partial charge on any atom is -0.398 e. The summed E-state index contributed by atoms with van der Waals surface area (Å²) in [5.74, 6) is -2.41. The molecule has 1 aromatic carbocycles. The Bertz CT molecular complexity index is 455. The Kier molecular flexibility index (Phi) is 6.42. The Hall–Kier alpha value is -1.65. The molecule has 3 nitrogen and oxygen atoms in total. The molecule has 112 valence electrons. The predicted molar refractivity (Wildman–Crippen MR) is 76.5 cm³/mol. The van der Waals surface area contributed by atoms with Crippen LogP contribution in [0.1, 0.15) is 49.9 Å². The van der Waals surface area contributed by atoms with Crippen molar-refractivity contribution in [1.82, 2.24) is 4.90 Å². The number of nitrogens with zero attached hydrogens (tertiary/aromatic N) is 1. The highest BCUT2D eigenvalue weighted by Crippen LogP contribution is 2.19. The molecule has 0 aliphatic rings. The van der Waals surface area contributed by atoms with Crippen LogP contribution in [0.25, 0.3) is 0 Å². The third-order valence-corrected chi connectivity index (χ3v) is 3.17. The molecule has 20 heavy (non-hydrogen) atoms. The van der Waals surface area contributed by atoms with Crippen LogP contribution in [-0.2, 0) is 0 Å². The van der Waals surface area contributed by atoms with Crippen LogP contribution in [0.2, 0.25) is 0 Å². The maximum atomic E-state index is 13.3. The lowest BCUT2D eigenvalue weighted by Crippen LogP contribution is -2.33. The third kappa shape index (κ3) is 4.18. The van der Waals surface area contributed by atoms with Crippen LogP contribution in [0.15, 0.2) is 12.1 Å². The van der Waals surface area contributed by atoms with Crippen molar-refractivity contribution >= 4 is 11.6 Å². The number of halogens is 2. The molecule has 2 N–H and O–H groups in total. The van der Waals surface area contributed by atoms with Gasteiger partial charge in [0.15, 0.2) is 11.6 Å². The molecular formula is C15H22F2N2O. The van der Waals surface area contributed by atoms with Crippen molar-refractivity contribution in [3.8, 4) is 0 Å². The van der Waals surface area contributed by atoms with E-state index in [1.54, 1.807) is 4.90 Å². The van der Waals surface area contributed by atoms with Crippen LogP contribution in [0.5, 0.6) is 0 Å². The molecule has 0 spiro atoms. The van der Waals surface area contributed by atoms with E-state index in [4.69, 9.17) is 5.73 Å². The van der Waals surface area contributed by atoms with Crippen LogP contribution in [0.4, 0.5) is 14.5 Å². The highest BCUT2D eigenvalue weighted by atomic mass is 19.2. The number of rotatable bonds is 7. The SMILES string of the molecule is CCCCN(CCCC)C(=O)c1cc(F)c(F)cc1N. The predicted octanol–water partition coefficient (Wildman–Crippen LogP) is 3.59. The molecule has 0 atom stereocenters. The van der Waals surface area contributed by atoms with Crippen LogP contribution in [0.3, 0.4) is 0 Å². The van der Waals surface area contributed by atoms with Gasteiger partial charge in [-0.2, -0.15) is 0 Å². The van der Waals surface area contributed by atoms with Gasteiger partial charge in [-0.05, 0) is 18.9 Å². The quantitative estimate of drug-likeness (QED) is 0.778. The Morgan fingerprint density at radius 3 is 2.10 bits per heavy atom. The Morgan fingerprint density at radius 1 is 1.10 bits per heavy atom. The molecule has 1 amide bonds. The summed E-state index contributed by atoms with van der Waals surface area (Å²) in [7, 11) is 0. The van der Waals surface area contributed by atoms with E-state index in [-0.39, 0.29) is 17.2 Å². The highest BCUT2D eigenvalue weighted by Gasteiger charge is 2.19. The molecule has 0 aliphatic heterocycles. The second-order valence-electron chi connectivity index (χ2n) is 4.85. The molecule has 0 unspecified atom stereocenters. The largest absolute Gasteiger partial charge is 0.398 e. The first-order valence-electron chi connectivity index (χ1n) is 7.05. The lowest BCUT2D eigenvalue weighted by Gasteiger charge is -2.23. The number of unbranched alkanes of at least 4 members (excludes halogenated alkanes) is 2. The summed E-state index contributed by atoms with van der Waals surface area (Å²) in [6, 6.07) is 1.75. The third-order valence-electron chi connectivity index (χ3n) is 3.17. The van der Waals surface area contributed by atoms with Gasteiger partial charge in [-0.1, -0.05) is 26.7 Å². The van der Waals surface area contributed by atoms with Gasteiger partial charge in [-0.25, -0.2) is 8.78 Å². The standard InChI is InChI=1S/C15H22F2N2O/c1-3-5-7-19(8-6-4-2)15(20)11-9-12(16)13(17)10-14(11)18/h9-10H,3-8,18H2,1-2H3. The number of hydrogen-bond acceptors (Lipinski definition) is 2. The lowest BCUT2D eigenvalue weighted by molar-refractivity contribution is 0.0751. The summed E-state index contributed by atoms with van der Waals surface area (Å²) in [5, 5.41) is 0. The Labute approximate surface area is 118 Å². The van der Waals surface area contributed by atoms with Gasteiger partial charge >= 0.3 is 0 Å². The topological polar surface area (TPSA) is 46.3 Å². The fourth-order valence-electron chi connectivity index (χ4n) is 1.93. The van der Waals surface area contributed by atoms with Gasteiger partial charge in [-0.3, -0.25) is 4.79 Å². The summed E-state index contributed by atoms with van der Waals surface area (Å²) in [4.78, 5) is 14.1. The molecule has 0 radical (unpaired) electrons. The highest BCUT2D eigenvalue weighted by molar-refractivity contribution is 5.99. The van der Waals surface area contributed by atoms with Gasteiger partial charge in [-0.15, -0.1) is 0 Å². The normalized spacial score (nSPS) is 10.6. The number of amides is 1. The molecule has 0 aromatic heterocycles. The van der Waals surface area contributed by atoms with E-state index in [0.717, 1.165) is 37.8 Å². The number of benzene rings is 1. The number of carbonyl (C=O) groups is 1. The summed E-state index contributed by atoms with van der Waals surface area (Å²) in [5.41, 5.74) is 5.65. The Morgan fingerprint density at radius 2 is 1.60 bits per heavy atom. The molecule has 0 saturated carbocycles. The average Bonchev–Trinajstić information content (AvgIpc) is 2.42. The van der Waals surface area contributed by atoms with Gasteiger partial charge in [0, 0.05) is 24.8 Å². The van der Waals surface area contributed by atoms with Crippen molar-refractivity contribution in [3.05, 3.63) is 29.3 Å². The van der Waals surface area contributed by atoms with Crippen LogP contribution < -0.4 is 5.73 Å². The molecular weight excluding hydrogens is 262 g/mol. The molecule has 0 aliphatic carbocycles. The molecule has 0 heterocycles. The molecule has 5 heteroatoms. The maximum Gasteiger partial charge on any atom is 0.256 e. The van der Waals surface area contributed by atoms with Crippen molar-refractivity contribution < 1.29 is 13.6 Å². The second kappa shape index (κ2) is 7.82. The molecule has 0 fully saturated rings. The van der Waals surface area contributed by atoms with Crippen molar-refractivity contribution in [2.75, 3.05) is 18.8 Å². The van der Waals surface area contributed by atoms with Crippen molar-refractivity contribution in [1.29, 1.82) is 0 Å². The lowest BCUT2D eigenvalue weighted by atomic mass is 10.1. The maximum absolute atomic E-state index is 13.3. The van der Waals surface area contributed by atoms with E-state index in [1.807, 2.05) is 13.8 Å². The van der Waals surface area contributed by atoms with Gasteiger partial charge < -0.3 is 10.6 Å². The van der Waals surface area contributed by atoms with Gasteiger partial charge in [0.1, 0.15) is 0 Å². The molecule has 1 aromatic rings. The zero-order valence-electron chi connectivity index (χ0n) is 12.1. The zero-order chi connectivity index (χ0) is 15.1. The number of carbonyl (C=O) groups excluding carboxylic acids is 1. The van der Waals surface area contributed by atoms with Gasteiger partial charge in [0.2, 0.25) is 0 Å². The first kappa shape index (κ1) is 16.4. The van der Waals surface area contributed by atoms with Crippen molar-refractivity contribution in [3.63, 3.8) is 0 Å². The van der Waals surface area contributed by atoms with E-state index in [1.165, 1.54) is 0 Å². The molecule has 1 rings (SSSR count). The fraction of sp³-hybridized carbons (Fsp3) is 0.533.